The Bertz CT molecular complexity index is 5260. The number of likely N-dealkylation sites (tertiary alicyclic amines) is 2. The van der Waals surface area contributed by atoms with E-state index < -0.39 is 0 Å². The first-order chi connectivity index (χ1) is 49.9. The fourth-order valence-electron chi connectivity index (χ4n) is 17.8. The van der Waals surface area contributed by atoms with Crippen LogP contribution in [-0.4, -0.2) is 143 Å². The Morgan fingerprint density at radius 2 is 1.06 bits per heavy atom. The number of anilines is 3. The quantitative estimate of drug-likeness (QED) is 0.145. The molecule has 1 atom stereocenters. The van der Waals surface area contributed by atoms with Crippen molar-refractivity contribution in [1.29, 1.82) is 10.5 Å². The predicted octanol–water partition coefficient (Wildman–Crippen LogP) is 13.5. The zero-order valence-electron chi connectivity index (χ0n) is 58.0. The molecule has 2 spiro atoms. The Morgan fingerprint density at radius 3 is 1.60 bits per heavy atom. The summed E-state index contributed by atoms with van der Waals surface area (Å²) in [5, 5.41) is 26.9. The van der Waals surface area contributed by atoms with Crippen LogP contribution in [0.5, 0.6) is 0 Å². The Balaban J connectivity index is 0.000000110. The number of benzene rings is 6. The summed E-state index contributed by atoms with van der Waals surface area (Å²) in [7, 11) is 2.22. The van der Waals surface area contributed by atoms with Crippen molar-refractivity contribution in [3.8, 4) is 97.1 Å². The minimum absolute atomic E-state index is 0.213. The van der Waals surface area contributed by atoms with E-state index in [4.69, 9.17) is 26.2 Å². The van der Waals surface area contributed by atoms with E-state index in [9.17, 15) is 4.39 Å². The highest BCUT2D eigenvalue weighted by atomic mass is 19.1. The number of aryl methyl sites for hydroxylation is 1. The molecule has 102 heavy (non-hydrogen) atoms. The number of hydrogen-bond donors (Lipinski definition) is 1. The molecule has 0 aliphatic carbocycles. The van der Waals surface area contributed by atoms with Crippen molar-refractivity contribution >= 4 is 17.1 Å². The lowest BCUT2D eigenvalue weighted by atomic mass is 9.79. The van der Waals surface area contributed by atoms with E-state index in [1.54, 1.807) is 6.33 Å². The summed E-state index contributed by atoms with van der Waals surface area (Å²) in [6, 6.07) is 53.8. The minimum Gasteiger partial charge on any atom is -0.371 e. The van der Waals surface area contributed by atoms with Gasteiger partial charge in [0.05, 0.1) is 57.4 Å². The molecule has 12 aromatic rings. The maximum atomic E-state index is 13.5. The lowest BCUT2D eigenvalue weighted by Gasteiger charge is -2.48. The standard InChI is InChI=1S/C29H30FN5.C29H28N6.C25H23N7/c1-2-11-32-18-29(19-32)9-12-33(20-29)25-7-8-26-23(14-25)17-34-16-22(21-3-5-24(30)6-4-21)15-27(34)28-31-10-13-35(26)28;1-20-14-31-28-27-12-23(22-5-3-21(13-30)4-6-22)15-34(27)16-24-11-25(7-8-26(24)35(20)28)33-10-9-29(19-33)17-32(2)18-29;26-11-17-1-3-19(4-2-17)20-10-24-25-29-28-16-32(25)23-6-5-22(9-21(23)15-31(24)14-20)30-8-7-18(12-27)13-30/h3-8,10,13-16H,2,9,11-12,17-20H2,1H3;3-8,11-12,14-15H,9-10,16-19H2,1-2H3;1-6,9-10,14,16,18H,7-8,12-13,15,27H2/t;;18-/m..0/s1. The molecule has 19 heteroatoms. The molecular formula is C83H81FN18. The lowest BCUT2D eigenvalue weighted by molar-refractivity contribution is 0.0188. The summed E-state index contributed by atoms with van der Waals surface area (Å²) >= 11 is 0. The van der Waals surface area contributed by atoms with Crippen LogP contribution in [0.15, 0.2) is 189 Å². The third-order valence-electron chi connectivity index (χ3n) is 22.8. The lowest BCUT2D eigenvalue weighted by Crippen LogP contribution is -2.57. The summed E-state index contributed by atoms with van der Waals surface area (Å²) in [6.45, 7) is 20.3. The number of imidazole rings is 2. The summed E-state index contributed by atoms with van der Waals surface area (Å²) in [5.41, 5.74) is 30.4. The molecule has 0 amide bonds. The molecule has 5 saturated heterocycles. The van der Waals surface area contributed by atoms with Crippen molar-refractivity contribution in [1.82, 2.24) is 57.4 Å². The highest BCUT2D eigenvalue weighted by Gasteiger charge is 2.48. The molecule has 0 bridgehead atoms. The average molecular weight is 1350 g/mol. The van der Waals surface area contributed by atoms with Gasteiger partial charge in [-0.15, -0.1) is 10.2 Å². The van der Waals surface area contributed by atoms with Crippen LogP contribution in [0.4, 0.5) is 21.5 Å². The van der Waals surface area contributed by atoms with Crippen molar-refractivity contribution in [2.45, 2.75) is 59.2 Å². The maximum absolute atomic E-state index is 13.5. The van der Waals surface area contributed by atoms with Crippen LogP contribution in [0.1, 0.15) is 66.1 Å². The second-order valence-corrected chi connectivity index (χ2v) is 29.8. The molecule has 8 aliphatic heterocycles. The second kappa shape index (κ2) is 25.2. The number of nitriles is 2. The van der Waals surface area contributed by atoms with Crippen LogP contribution in [0.25, 0.3) is 85.0 Å². The van der Waals surface area contributed by atoms with Gasteiger partial charge in [0.25, 0.3) is 0 Å². The summed E-state index contributed by atoms with van der Waals surface area (Å²) in [5.74, 6) is 3.11. The summed E-state index contributed by atoms with van der Waals surface area (Å²) in [4.78, 5) is 22.2. The van der Waals surface area contributed by atoms with Gasteiger partial charge >= 0.3 is 0 Å². The monoisotopic (exact) mass is 1350 g/mol. The molecule has 2 N–H and O–H groups in total. The number of aromatic nitrogens is 10. The van der Waals surface area contributed by atoms with Crippen LogP contribution in [-0.2, 0) is 19.6 Å². The first kappa shape index (κ1) is 63.1. The molecule has 0 saturated carbocycles. The Kier molecular flexibility index (Phi) is 15.6. The molecule has 14 heterocycles. The molecule has 0 unspecified atom stereocenters. The molecular weight excluding hydrogens is 1270 g/mol. The number of nitrogens with two attached hydrogens (primary N) is 1. The SMILES string of the molecule is CCCN1CC2(CCN(c3ccc4c(c3)Cn3cc(-c5ccc(F)cc5)cc3-c3nccn3-4)C2)C1.Cc1cnc2n1-c1ccc(N3CCC4(CN(C)C4)C3)cc1Cn1cc(-c3ccc(C#N)cc3)cc1-2.N#Cc1ccc(-c2cc3n(c2)Cc2cc(N4CC[C@@H](CN)C4)ccc2-n2cnnc2-3)cc1. The Hall–Kier alpha value is -11.1. The van der Waals surface area contributed by atoms with Gasteiger partial charge in [-0.05, 0) is 201 Å². The molecule has 5 fully saturated rings. The smallest absolute Gasteiger partial charge is 0.185 e. The van der Waals surface area contributed by atoms with Gasteiger partial charge in [-0.25, -0.2) is 14.4 Å². The third-order valence-corrected chi connectivity index (χ3v) is 22.8. The number of fused-ring (bicyclic) bond motifs is 15. The topological polar surface area (TPSA) is 171 Å². The Labute approximate surface area is 593 Å². The number of nitrogens with zero attached hydrogens (tertiary/aromatic N) is 17. The molecule has 510 valence electrons. The fourth-order valence-corrected chi connectivity index (χ4v) is 17.8. The van der Waals surface area contributed by atoms with Gasteiger partial charge in [0, 0.05) is 173 Å². The van der Waals surface area contributed by atoms with E-state index >= 15 is 0 Å². The van der Waals surface area contributed by atoms with E-state index in [0.29, 0.717) is 27.9 Å². The van der Waals surface area contributed by atoms with Crippen LogP contribution in [0, 0.1) is 52.2 Å². The van der Waals surface area contributed by atoms with Gasteiger partial charge < -0.3 is 43.9 Å². The van der Waals surface area contributed by atoms with Crippen LogP contribution in [0.3, 0.4) is 0 Å². The highest BCUT2D eigenvalue weighted by Crippen LogP contribution is 2.46. The molecule has 6 aromatic carbocycles. The van der Waals surface area contributed by atoms with Gasteiger partial charge in [0.2, 0.25) is 0 Å². The van der Waals surface area contributed by atoms with Gasteiger partial charge in [-0.3, -0.25) is 13.7 Å². The third kappa shape index (κ3) is 11.3. The molecule has 0 radical (unpaired) electrons. The Morgan fingerprint density at radius 1 is 0.549 bits per heavy atom. The normalized spacial score (nSPS) is 17.6. The molecule has 8 aliphatic rings. The predicted molar refractivity (Wildman–Crippen MR) is 399 cm³/mol. The molecule has 18 nitrogen and oxygen atoms in total. The average Bonchev–Trinajstić information content (AvgIpc) is 1.74. The van der Waals surface area contributed by atoms with E-state index in [1.807, 2.05) is 73.1 Å². The van der Waals surface area contributed by atoms with Crippen molar-refractivity contribution in [2.24, 2.45) is 22.5 Å². The van der Waals surface area contributed by atoms with Crippen LogP contribution in [0.2, 0.25) is 0 Å². The highest BCUT2D eigenvalue weighted by molar-refractivity contribution is 5.76. The van der Waals surface area contributed by atoms with Crippen molar-refractivity contribution in [2.75, 3.05) is 100 Å². The molecule has 20 rings (SSSR count). The van der Waals surface area contributed by atoms with Gasteiger partial charge in [-0.1, -0.05) is 43.3 Å². The van der Waals surface area contributed by atoms with Crippen molar-refractivity contribution in [3.05, 3.63) is 228 Å². The van der Waals surface area contributed by atoms with E-state index in [2.05, 4.69) is 193 Å². The largest absolute Gasteiger partial charge is 0.371 e. The minimum atomic E-state index is -0.213. The van der Waals surface area contributed by atoms with Crippen LogP contribution < -0.4 is 20.4 Å². The summed E-state index contributed by atoms with van der Waals surface area (Å²) < 4.78 is 26.9. The van der Waals surface area contributed by atoms with E-state index in [1.165, 1.54) is 109 Å². The van der Waals surface area contributed by atoms with Crippen LogP contribution >= 0.6 is 0 Å². The number of halogens is 1. The van der Waals surface area contributed by atoms with Gasteiger partial charge in [0.1, 0.15) is 12.1 Å². The molecule has 6 aromatic heterocycles. The first-order valence-corrected chi connectivity index (χ1v) is 36.0. The first-order valence-electron chi connectivity index (χ1n) is 36.0. The van der Waals surface area contributed by atoms with E-state index in [0.717, 1.165) is 151 Å². The zero-order valence-corrected chi connectivity index (χ0v) is 58.0. The fraction of sp³-hybridized carbons (Fsp3) is 0.301. The van der Waals surface area contributed by atoms with Gasteiger partial charge in [-0.2, -0.15) is 10.5 Å². The maximum Gasteiger partial charge on any atom is 0.185 e. The number of hydrogen-bond acceptors (Lipinski definition) is 12. The summed E-state index contributed by atoms with van der Waals surface area (Å²) in [6.07, 6.45) is 19.2. The van der Waals surface area contributed by atoms with Gasteiger partial charge in [0.15, 0.2) is 17.5 Å². The van der Waals surface area contributed by atoms with E-state index in [-0.39, 0.29) is 5.82 Å². The zero-order chi connectivity index (χ0) is 69.0. The van der Waals surface area contributed by atoms with Crippen molar-refractivity contribution < 1.29 is 4.39 Å². The number of rotatable bonds is 9. The van der Waals surface area contributed by atoms with Crippen molar-refractivity contribution in [3.63, 3.8) is 0 Å². The second-order valence-electron chi connectivity index (χ2n) is 29.8.